The second-order valence-corrected chi connectivity index (χ2v) is 9.88. The molecule has 0 aliphatic carbocycles. The van der Waals surface area contributed by atoms with E-state index in [9.17, 15) is 13.2 Å². The quantitative estimate of drug-likeness (QED) is 0.359. The van der Waals surface area contributed by atoms with Crippen molar-refractivity contribution in [2.75, 3.05) is 10.7 Å². The molecule has 1 aliphatic heterocycles. The summed E-state index contributed by atoms with van der Waals surface area (Å²) in [5.41, 5.74) is 0.983. The molecule has 0 saturated carbocycles. The fourth-order valence-corrected chi connectivity index (χ4v) is 5.65. The summed E-state index contributed by atoms with van der Waals surface area (Å²) in [6, 6.07) is 32.2. The van der Waals surface area contributed by atoms with Crippen LogP contribution in [0.4, 0.5) is 5.69 Å². The van der Waals surface area contributed by atoms with Gasteiger partial charge < -0.3 is 9.47 Å². The zero-order valence-electron chi connectivity index (χ0n) is 18.1. The normalized spacial score (nSPS) is 16.9. The van der Waals surface area contributed by atoms with Crippen LogP contribution in [0, 0.1) is 0 Å². The lowest BCUT2D eigenvalue weighted by Gasteiger charge is -2.24. The van der Waals surface area contributed by atoms with Crippen molar-refractivity contribution in [2.24, 2.45) is 0 Å². The van der Waals surface area contributed by atoms with E-state index in [1.807, 2.05) is 60.7 Å². The summed E-state index contributed by atoms with van der Waals surface area (Å²) in [7, 11) is -3.71. The van der Waals surface area contributed by atoms with Gasteiger partial charge in [0.25, 0.3) is 0 Å². The Balaban J connectivity index is 1.40. The number of hydrogen-bond donors (Lipinski definition) is 0. The third-order valence-corrected chi connectivity index (χ3v) is 7.22. The number of carbonyl (C=O) groups excluding carboxylic acids is 1. The highest BCUT2D eigenvalue weighted by atomic mass is 32.2. The zero-order valence-corrected chi connectivity index (χ0v) is 18.9. The Morgan fingerprint density at radius 1 is 0.618 bits per heavy atom. The Bertz CT molecular complexity index is 1390. The maximum atomic E-state index is 12.9. The van der Waals surface area contributed by atoms with Gasteiger partial charge in [-0.15, -0.1) is 0 Å². The van der Waals surface area contributed by atoms with E-state index in [1.54, 1.807) is 48.5 Å². The number of benzene rings is 4. The molecule has 5 rings (SSSR count). The van der Waals surface area contributed by atoms with Crippen molar-refractivity contribution in [3.63, 3.8) is 0 Å². The highest BCUT2D eigenvalue weighted by molar-refractivity contribution is 7.93. The first-order valence-corrected chi connectivity index (χ1v) is 12.4. The molecule has 7 heteroatoms. The molecule has 6 nitrogen and oxygen atoms in total. The largest absolute Gasteiger partial charge is 0.457 e. The van der Waals surface area contributed by atoms with Gasteiger partial charge >= 0.3 is 0 Å². The molecule has 1 heterocycles. The first kappa shape index (κ1) is 21.7. The predicted octanol–water partition coefficient (Wildman–Crippen LogP) is 5.73. The highest BCUT2D eigenvalue weighted by Gasteiger charge is 2.45. The lowest BCUT2D eigenvalue weighted by molar-refractivity contribution is -0.115. The van der Waals surface area contributed by atoms with E-state index in [0.29, 0.717) is 34.2 Å². The molecule has 0 N–H and O–H groups in total. The van der Waals surface area contributed by atoms with Crippen LogP contribution in [-0.2, 0) is 14.6 Å². The molecule has 0 bridgehead atoms. The summed E-state index contributed by atoms with van der Waals surface area (Å²) in [5.74, 6) is 1.52. The Morgan fingerprint density at radius 3 is 1.56 bits per heavy atom. The van der Waals surface area contributed by atoms with Crippen LogP contribution in [0.15, 0.2) is 109 Å². The predicted molar refractivity (Wildman–Crippen MR) is 130 cm³/mol. The van der Waals surface area contributed by atoms with Crippen molar-refractivity contribution in [3.05, 3.63) is 115 Å². The smallest absolute Gasteiger partial charge is 0.243 e. The lowest BCUT2D eigenvalue weighted by Crippen LogP contribution is -2.29. The van der Waals surface area contributed by atoms with Crippen molar-refractivity contribution in [1.29, 1.82) is 0 Å². The lowest BCUT2D eigenvalue weighted by atomic mass is 10.1. The van der Waals surface area contributed by atoms with Gasteiger partial charge in [0, 0.05) is 5.69 Å². The SMILES string of the molecule is O=C1CS(=O)(=O)[C@@H](c2ccc(Oc3ccccc3)cc2)N1c1ccc(Oc2ccccc2)cc1. The molecule has 1 amide bonds. The van der Waals surface area contributed by atoms with E-state index in [1.165, 1.54) is 4.90 Å². The summed E-state index contributed by atoms with van der Waals surface area (Å²) in [5, 5.41) is -1.10. The minimum Gasteiger partial charge on any atom is -0.457 e. The van der Waals surface area contributed by atoms with Crippen LogP contribution in [0.25, 0.3) is 0 Å². The molecule has 0 aromatic heterocycles. The van der Waals surface area contributed by atoms with Crippen LogP contribution in [0.1, 0.15) is 10.9 Å². The van der Waals surface area contributed by atoms with E-state index >= 15 is 0 Å². The molecule has 1 atom stereocenters. The van der Waals surface area contributed by atoms with Gasteiger partial charge in [-0.05, 0) is 66.2 Å². The maximum Gasteiger partial charge on any atom is 0.243 e. The molecular formula is C27H21NO5S. The molecule has 1 aliphatic rings. The average Bonchev–Trinajstić information content (AvgIpc) is 3.09. The summed E-state index contributed by atoms with van der Waals surface area (Å²) >= 11 is 0. The Kier molecular flexibility index (Phi) is 5.77. The Labute approximate surface area is 197 Å². The standard InChI is InChI=1S/C27H21NO5S/c29-26-19-34(30,31)27(20-11-15-24(16-12-20)32-22-7-3-1-4-8-22)28(26)21-13-17-25(18-14-21)33-23-9-5-2-6-10-23/h1-18,27H,19H2/t27-/m0/s1. The minimum atomic E-state index is -3.71. The third kappa shape index (κ3) is 4.51. The van der Waals surface area contributed by atoms with Gasteiger partial charge in [-0.2, -0.15) is 0 Å². The van der Waals surface area contributed by atoms with Gasteiger partial charge in [0.2, 0.25) is 5.91 Å². The van der Waals surface area contributed by atoms with E-state index < -0.39 is 26.9 Å². The van der Waals surface area contributed by atoms with E-state index in [4.69, 9.17) is 9.47 Å². The molecule has 0 spiro atoms. The molecule has 1 fully saturated rings. The number of hydrogen-bond acceptors (Lipinski definition) is 5. The highest BCUT2D eigenvalue weighted by Crippen LogP contribution is 2.39. The molecule has 34 heavy (non-hydrogen) atoms. The zero-order chi connectivity index (χ0) is 23.5. The van der Waals surface area contributed by atoms with E-state index in [0.717, 1.165) is 0 Å². The summed E-state index contributed by atoms with van der Waals surface area (Å²) in [4.78, 5) is 14.1. The van der Waals surface area contributed by atoms with Crippen LogP contribution in [0.3, 0.4) is 0 Å². The van der Waals surface area contributed by atoms with Crippen molar-refractivity contribution in [1.82, 2.24) is 0 Å². The molecule has 1 saturated heterocycles. The van der Waals surface area contributed by atoms with Gasteiger partial charge in [0.1, 0.15) is 28.8 Å². The summed E-state index contributed by atoms with van der Waals surface area (Å²) in [6.07, 6.45) is 0. The number of carbonyl (C=O) groups is 1. The molecule has 4 aromatic rings. The van der Waals surface area contributed by atoms with Gasteiger partial charge in [-0.3, -0.25) is 9.69 Å². The van der Waals surface area contributed by atoms with E-state index in [2.05, 4.69) is 0 Å². The van der Waals surface area contributed by atoms with Crippen LogP contribution in [0.5, 0.6) is 23.0 Å². The van der Waals surface area contributed by atoms with Gasteiger partial charge in [-0.25, -0.2) is 8.42 Å². The monoisotopic (exact) mass is 471 g/mol. The Hall–Kier alpha value is -4.10. The van der Waals surface area contributed by atoms with Crippen molar-refractivity contribution in [2.45, 2.75) is 5.37 Å². The fraction of sp³-hybridized carbons (Fsp3) is 0.0741. The number of amides is 1. The summed E-state index contributed by atoms with van der Waals surface area (Å²) < 4.78 is 37.4. The maximum absolute atomic E-state index is 12.9. The summed E-state index contributed by atoms with van der Waals surface area (Å²) in [6.45, 7) is 0. The van der Waals surface area contributed by atoms with Gasteiger partial charge in [-0.1, -0.05) is 48.5 Å². The van der Waals surface area contributed by atoms with Gasteiger partial charge in [0.15, 0.2) is 15.2 Å². The fourth-order valence-electron chi connectivity index (χ4n) is 3.87. The van der Waals surface area contributed by atoms with Crippen LogP contribution in [0.2, 0.25) is 0 Å². The van der Waals surface area contributed by atoms with Crippen LogP contribution in [-0.4, -0.2) is 20.1 Å². The average molecular weight is 472 g/mol. The third-order valence-electron chi connectivity index (χ3n) is 5.41. The number of anilines is 1. The molecule has 4 aromatic carbocycles. The van der Waals surface area contributed by atoms with Crippen molar-refractivity contribution in [3.8, 4) is 23.0 Å². The molecular weight excluding hydrogens is 450 g/mol. The first-order valence-electron chi connectivity index (χ1n) is 10.7. The topological polar surface area (TPSA) is 72.9 Å². The van der Waals surface area contributed by atoms with Crippen molar-refractivity contribution >= 4 is 21.4 Å². The first-order chi connectivity index (χ1) is 16.5. The van der Waals surface area contributed by atoms with E-state index in [-0.39, 0.29) is 0 Å². The molecule has 170 valence electrons. The number of para-hydroxylation sites is 2. The van der Waals surface area contributed by atoms with Crippen LogP contribution >= 0.6 is 0 Å². The minimum absolute atomic E-state index is 0.466. The Morgan fingerprint density at radius 2 is 1.06 bits per heavy atom. The van der Waals surface area contributed by atoms with Crippen molar-refractivity contribution < 1.29 is 22.7 Å². The van der Waals surface area contributed by atoms with Gasteiger partial charge in [0.05, 0.1) is 0 Å². The second kappa shape index (κ2) is 9.03. The molecule has 0 unspecified atom stereocenters. The number of nitrogens with zero attached hydrogens (tertiary/aromatic N) is 1. The molecule has 0 radical (unpaired) electrons. The van der Waals surface area contributed by atoms with Crippen LogP contribution < -0.4 is 14.4 Å². The number of rotatable bonds is 6. The number of sulfone groups is 1. The second-order valence-electron chi connectivity index (χ2n) is 7.82. The number of ether oxygens (including phenoxy) is 2.